The zero-order chi connectivity index (χ0) is 12.3. The number of nitrogens with one attached hydrogen (secondary N) is 1. The van der Waals surface area contributed by atoms with Crippen molar-refractivity contribution in [2.24, 2.45) is 12.9 Å². The number of anilines is 1. The highest BCUT2D eigenvalue weighted by Gasteiger charge is 2.12. The molecule has 6 nitrogen and oxygen atoms in total. The lowest BCUT2D eigenvalue weighted by molar-refractivity contribution is 0.0929. The second-order valence-corrected chi connectivity index (χ2v) is 3.75. The van der Waals surface area contributed by atoms with Crippen LogP contribution in [0.3, 0.4) is 0 Å². The number of nitrogens with two attached hydrogens (primary N) is 1. The van der Waals surface area contributed by atoms with Gasteiger partial charge in [-0.25, -0.2) is 5.84 Å². The van der Waals surface area contributed by atoms with Gasteiger partial charge >= 0.3 is 0 Å². The lowest BCUT2D eigenvalue weighted by Gasteiger charge is -2.05. The average Bonchev–Trinajstić information content (AvgIpc) is 2.88. The molecule has 0 amide bonds. The summed E-state index contributed by atoms with van der Waals surface area (Å²) < 4.78 is 12.4. The highest BCUT2D eigenvalue weighted by Crippen LogP contribution is 2.19. The van der Waals surface area contributed by atoms with E-state index in [1.165, 1.54) is 0 Å². The number of aromatic nitrogens is 2. The molecule has 0 aromatic carbocycles. The predicted molar refractivity (Wildman–Crippen MR) is 63.0 cm³/mol. The number of aryl methyl sites for hydroxylation is 2. The summed E-state index contributed by atoms with van der Waals surface area (Å²) in [4.78, 5) is 0. The van der Waals surface area contributed by atoms with E-state index < -0.39 is 0 Å². The van der Waals surface area contributed by atoms with Crippen LogP contribution in [0, 0.1) is 6.92 Å². The van der Waals surface area contributed by atoms with Crippen molar-refractivity contribution < 1.29 is 9.15 Å². The van der Waals surface area contributed by atoms with E-state index in [2.05, 4.69) is 10.5 Å². The summed E-state index contributed by atoms with van der Waals surface area (Å²) in [6.07, 6.45) is 1.63. The maximum atomic E-state index is 5.56. The SMILES string of the molecule is Cc1nn(C)c(NN)c1COCc1ccco1. The fourth-order valence-corrected chi connectivity index (χ4v) is 1.70. The first kappa shape index (κ1) is 11.7. The Bertz CT molecular complexity index is 476. The van der Waals surface area contributed by atoms with Crippen LogP contribution in [0.2, 0.25) is 0 Å². The van der Waals surface area contributed by atoms with Crippen molar-refractivity contribution in [3.05, 3.63) is 35.4 Å². The van der Waals surface area contributed by atoms with E-state index in [1.807, 2.05) is 26.1 Å². The van der Waals surface area contributed by atoms with Crippen LogP contribution >= 0.6 is 0 Å². The van der Waals surface area contributed by atoms with E-state index in [4.69, 9.17) is 15.0 Å². The number of rotatable bonds is 5. The summed E-state index contributed by atoms with van der Waals surface area (Å²) in [5, 5.41) is 4.27. The minimum Gasteiger partial charge on any atom is -0.467 e. The van der Waals surface area contributed by atoms with Gasteiger partial charge in [0.2, 0.25) is 0 Å². The average molecular weight is 236 g/mol. The third-order valence-electron chi connectivity index (χ3n) is 2.55. The Labute approximate surface area is 99.3 Å². The number of hydrazine groups is 1. The second kappa shape index (κ2) is 5.03. The minimum absolute atomic E-state index is 0.436. The Morgan fingerprint density at radius 2 is 2.35 bits per heavy atom. The van der Waals surface area contributed by atoms with Crippen molar-refractivity contribution in [3.63, 3.8) is 0 Å². The number of furan rings is 1. The van der Waals surface area contributed by atoms with Crippen LogP contribution in [0.4, 0.5) is 5.82 Å². The van der Waals surface area contributed by atoms with Gasteiger partial charge in [-0.15, -0.1) is 0 Å². The quantitative estimate of drug-likeness (QED) is 0.604. The maximum Gasteiger partial charge on any atom is 0.143 e. The van der Waals surface area contributed by atoms with E-state index >= 15 is 0 Å². The Morgan fingerprint density at radius 3 is 3.00 bits per heavy atom. The van der Waals surface area contributed by atoms with Crippen LogP contribution < -0.4 is 11.3 Å². The fraction of sp³-hybridized carbons (Fsp3) is 0.364. The molecule has 0 radical (unpaired) electrons. The molecule has 2 rings (SSSR count). The van der Waals surface area contributed by atoms with Crippen LogP contribution in [0.15, 0.2) is 22.8 Å². The van der Waals surface area contributed by atoms with Crippen molar-refractivity contribution in [2.45, 2.75) is 20.1 Å². The Balaban J connectivity index is 1.99. The topological polar surface area (TPSA) is 78.2 Å². The smallest absolute Gasteiger partial charge is 0.143 e. The molecule has 0 bridgehead atoms. The highest BCUT2D eigenvalue weighted by atomic mass is 16.5. The van der Waals surface area contributed by atoms with Crippen LogP contribution in [-0.4, -0.2) is 9.78 Å². The molecular weight excluding hydrogens is 220 g/mol. The predicted octanol–water partition coefficient (Wildman–Crippen LogP) is 1.32. The first-order chi connectivity index (χ1) is 8.22. The molecule has 2 aromatic rings. The number of nitrogen functional groups attached to an aromatic ring is 1. The van der Waals surface area contributed by atoms with Crippen molar-refractivity contribution in [1.29, 1.82) is 0 Å². The largest absolute Gasteiger partial charge is 0.467 e. The second-order valence-electron chi connectivity index (χ2n) is 3.75. The molecule has 0 saturated carbocycles. The maximum absolute atomic E-state index is 5.56. The van der Waals surface area contributed by atoms with Crippen LogP contribution in [0.5, 0.6) is 0 Å². The third kappa shape index (κ3) is 2.48. The molecule has 2 aromatic heterocycles. The first-order valence-electron chi connectivity index (χ1n) is 5.31. The third-order valence-corrected chi connectivity index (χ3v) is 2.55. The Kier molecular flexibility index (Phi) is 3.46. The van der Waals surface area contributed by atoms with Crippen molar-refractivity contribution in [1.82, 2.24) is 9.78 Å². The molecule has 0 aliphatic rings. The number of hydrogen-bond acceptors (Lipinski definition) is 5. The summed E-state index contributed by atoms with van der Waals surface area (Å²) >= 11 is 0. The Hall–Kier alpha value is -1.79. The van der Waals surface area contributed by atoms with Gasteiger partial charge in [0.25, 0.3) is 0 Å². The number of nitrogens with zero attached hydrogens (tertiary/aromatic N) is 2. The normalized spacial score (nSPS) is 10.8. The van der Waals surface area contributed by atoms with E-state index in [0.717, 1.165) is 22.8 Å². The van der Waals surface area contributed by atoms with E-state index in [9.17, 15) is 0 Å². The van der Waals surface area contributed by atoms with Gasteiger partial charge in [0, 0.05) is 12.6 Å². The lowest BCUT2D eigenvalue weighted by Crippen LogP contribution is -2.13. The molecule has 6 heteroatoms. The van der Waals surface area contributed by atoms with Crippen molar-refractivity contribution in [3.8, 4) is 0 Å². The van der Waals surface area contributed by atoms with Gasteiger partial charge in [-0.1, -0.05) is 0 Å². The summed E-state index contributed by atoms with van der Waals surface area (Å²) in [6.45, 7) is 2.80. The van der Waals surface area contributed by atoms with Gasteiger partial charge in [0.15, 0.2) is 0 Å². The number of hydrogen-bond donors (Lipinski definition) is 2. The monoisotopic (exact) mass is 236 g/mol. The molecule has 0 atom stereocenters. The molecule has 92 valence electrons. The van der Waals surface area contributed by atoms with Gasteiger partial charge in [-0.05, 0) is 19.1 Å². The Morgan fingerprint density at radius 1 is 1.53 bits per heavy atom. The molecule has 0 unspecified atom stereocenters. The summed E-state index contributed by atoms with van der Waals surface area (Å²) in [5.74, 6) is 7.01. The summed E-state index contributed by atoms with van der Waals surface area (Å²) in [7, 11) is 1.83. The molecule has 0 saturated heterocycles. The molecule has 2 heterocycles. The fourth-order valence-electron chi connectivity index (χ4n) is 1.70. The van der Waals surface area contributed by atoms with Gasteiger partial charge in [0.1, 0.15) is 18.2 Å². The summed E-state index contributed by atoms with van der Waals surface area (Å²) in [6, 6.07) is 3.71. The van der Waals surface area contributed by atoms with Gasteiger partial charge < -0.3 is 14.6 Å². The van der Waals surface area contributed by atoms with Crippen molar-refractivity contribution in [2.75, 3.05) is 5.43 Å². The minimum atomic E-state index is 0.436. The molecule has 17 heavy (non-hydrogen) atoms. The van der Waals surface area contributed by atoms with E-state index in [-0.39, 0.29) is 0 Å². The molecule has 3 N–H and O–H groups in total. The standard InChI is InChI=1S/C11H16N4O2/c1-8-10(11(13-12)15(2)14-8)7-16-6-9-4-3-5-17-9/h3-5,13H,6-7,12H2,1-2H3. The zero-order valence-electron chi connectivity index (χ0n) is 9.93. The number of ether oxygens (including phenoxy) is 1. The molecular formula is C11H16N4O2. The van der Waals surface area contributed by atoms with E-state index in [0.29, 0.717) is 13.2 Å². The van der Waals surface area contributed by atoms with Gasteiger partial charge in [0.05, 0.1) is 18.6 Å². The van der Waals surface area contributed by atoms with Crippen LogP contribution in [0.1, 0.15) is 17.0 Å². The van der Waals surface area contributed by atoms with E-state index in [1.54, 1.807) is 10.9 Å². The van der Waals surface area contributed by atoms with Crippen molar-refractivity contribution >= 4 is 5.82 Å². The van der Waals surface area contributed by atoms with Crippen LogP contribution in [0.25, 0.3) is 0 Å². The lowest BCUT2D eigenvalue weighted by atomic mass is 10.2. The molecule has 0 aliphatic carbocycles. The zero-order valence-corrected chi connectivity index (χ0v) is 9.93. The van der Waals surface area contributed by atoms with Gasteiger partial charge in [-0.3, -0.25) is 4.68 Å². The first-order valence-corrected chi connectivity index (χ1v) is 5.31. The summed E-state index contributed by atoms with van der Waals surface area (Å²) in [5.41, 5.74) is 4.49. The molecule has 0 aliphatic heterocycles. The van der Waals surface area contributed by atoms with Crippen LogP contribution in [-0.2, 0) is 25.0 Å². The molecule has 0 fully saturated rings. The highest BCUT2D eigenvalue weighted by molar-refractivity contribution is 5.45. The van der Waals surface area contributed by atoms with Gasteiger partial charge in [-0.2, -0.15) is 5.10 Å². The molecule has 0 spiro atoms.